The summed E-state index contributed by atoms with van der Waals surface area (Å²) in [5.41, 5.74) is 3.78. The van der Waals surface area contributed by atoms with Crippen molar-refractivity contribution >= 4 is 24.0 Å². The molecule has 3 rings (SSSR count). The highest BCUT2D eigenvalue weighted by Crippen LogP contribution is 2.25. The molecular weight excluding hydrogens is 319 g/mol. The van der Waals surface area contributed by atoms with E-state index in [9.17, 15) is 9.18 Å². The third kappa shape index (κ3) is 3.09. The number of nitrogens with zero attached hydrogens (tertiary/aromatic N) is 2. The van der Waals surface area contributed by atoms with Crippen molar-refractivity contribution < 1.29 is 9.18 Å². The molecule has 1 aromatic heterocycles. The summed E-state index contributed by atoms with van der Waals surface area (Å²) in [7, 11) is 1.78. The number of anilines is 1. The van der Waals surface area contributed by atoms with Crippen molar-refractivity contribution in [2.24, 2.45) is 7.05 Å². The maximum atomic E-state index is 14.6. The number of amides is 1. The first-order chi connectivity index (χ1) is 10.5. The van der Waals surface area contributed by atoms with Crippen LogP contribution in [-0.4, -0.2) is 22.2 Å². The summed E-state index contributed by atoms with van der Waals surface area (Å²) < 4.78 is 16.2. The lowest BCUT2D eigenvalue weighted by Crippen LogP contribution is -2.25. The number of carbonyl (C=O) groups excluding carboxylic acids is 1. The van der Waals surface area contributed by atoms with Crippen LogP contribution >= 0.6 is 12.4 Å². The van der Waals surface area contributed by atoms with Crippen LogP contribution in [0.25, 0.3) is 0 Å². The van der Waals surface area contributed by atoms with Crippen molar-refractivity contribution in [3.05, 3.63) is 46.0 Å². The van der Waals surface area contributed by atoms with Crippen LogP contribution in [0.15, 0.2) is 12.1 Å². The van der Waals surface area contributed by atoms with E-state index in [0.717, 1.165) is 17.8 Å². The Balaban J connectivity index is 0.00000192. The fourth-order valence-corrected chi connectivity index (χ4v) is 2.92. The van der Waals surface area contributed by atoms with Crippen LogP contribution in [0.1, 0.15) is 32.9 Å². The van der Waals surface area contributed by atoms with Crippen LogP contribution in [0.3, 0.4) is 0 Å². The lowest BCUT2D eigenvalue weighted by molar-refractivity contribution is 0.102. The predicted octanol–water partition coefficient (Wildman–Crippen LogP) is 2.50. The molecule has 7 heteroatoms. The zero-order valence-corrected chi connectivity index (χ0v) is 14.2. The van der Waals surface area contributed by atoms with Crippen molar-refractivity contribution in [3.63, 3.8) is 0 Å². The molecule has 2 heterocycles. The molecule has 0 spiro atoms. The summed E-state index contributed by atoms with van der Waals surface area (Å²) in [5, 5.41) is 10.1. The third-order valence-electron chi connectivity index (χ3n) is 4.19. The van der Waals surface area contributed by atoms with Gasteiger partial charge in [0.15, 0.2) is 0 Å². The minimum Gasteiger partial charge on any atom is -0.319 e. The average molecular weight is 339 g/mol. The summed E-state index contributed by atoms with van der Waals surface area (Å²) in [4.78, 5) is 12.4. The molecule has 0 saturated heterocycles. The Hall–Kier alpha value is -1.92. The van der Waals surface area contributed by atoms with Gasteiger partial charge in [0.1, 0.15) is 5.82 Å². The van der Waals surface area contributed by atoms with Crippen molar-refractivity contribution in [3.8, 4) is 0 Å². The van der Waals surface area contributed by atoms with E-state index in [-0.39, 0.29) is 29.8 Å². The van der Waals surface area contributed by atoms with Crippen molar-refractivity contribution in [2.75, 3.05) is 11.9 Å². The Kier molecular flexibility index (Phi) is 5.06. The lowest BCUT2D eigenvalue weighted by atomic mass is 9.99. The van der Waals surface area contributed by atoms with Gasteiger partial charge >= 0.3 is 0 Å². The summed E-state index contributed by atoms with van der Waals surface area (Å²) in [6.07, 6.45) is 0.635. The fourth-order valence-electron chi connectivity index (χ4n) is 2.92. The molecule has 0 aliphatic carbocycles. The van der Waals surface area contributed by atoms with Gasteiger partial charge in [0.25, 0.3) is 5.91 Å². The molecule has 23 heavy (non-hydrogen) atoms. The highest BCUT2D eigenvalue weighted by atomic mass is 35.5. The van der Waals surface area contributed by atoms with E-state index in [1.165, 1.54) is 0 Å². The Morgan fingerprint density at radius 1 is 1.39 bits per heavy atom. The maximum Gasteiger partial charge on any atom is 0.259 e. The molecule has 0 unspecified atom stereocenters. The predicted molar refractivity (Wildman–Crippen MR) is 89.7 cm³/mol. The van der Waals surface area contributed by atoms with Crippen LogP contribution in [0, 0.1) is 19.7 Å². The number of aromatic nitrogens is 2. The highest BCUT2D eigenvalue weighted by molar-refractivity contribution is 6.06. The number of hydrogen-bond acceptors (Lipinski definition) is 3. The number of halogens is 2. The van der Waals surface area contributed by atoms with Gasteiger partial charge in [0.05, 0.1) is 16.9 Å². The van der Waals surface area contributed by atoms with Gasteiger partial charge in [-0.25, -0.2) is 4.39 Å². The Labute approximate surface area is 140 Å². The molecule has 1 aliphatic rings. The monoisotopic (exact) mass is 338 g/mol. The van der Waals surface area contributed by atoms with Crippen LogP contribution < -0.4 is 10.6 Å². The molecule has 0 radical (unpaired) electrons. The highest BCUT2D eigenvalue weighted by Gasteiger charge is 2.21. The quantitative estimate of drug-likeness (QED) is 0.884. The molecule has 0 saturated carbocycles. The molecular formula is C16H20ClFN4O. The van der Waals surface area contributed by atoms with E-state index in [0.29, 0.717) is 29.8 Å². The van der Waals surface area contributed by atoms with Crippen LogP contribution in [0.2, 0.25) is 0 Å². The number of hydrogen-bond donors (Lipinski definition) is 2. The minimum atomic E-state index is -0.327. The summed E-state index contributed by atoms with van der Waals surface area (Å²) >= 11 is 0. The molecule has 0 bridgehead atoms. The molecule has 2 aromatic rings. The van der Waals surface area contributed by atoms with Gasteiger partial charge in [0.2, 0.25) is 0 Å². The molecule has 1 amide bonds. The van der Waals surface area contributed by atoms with Crippen molar-refractivity contribution in [1.29, 1.82) is 0 Å². The number of rotatable bonds is 2. The van der Waals surface area contributed by atoms with Crippen LogP contribution in [0.5, 0.6) is 0 Å². The first kappa shape index (κ1) is 17.4. The zero-order chi connectivity index (χ0) is 15.9. The normalized spacial score (nSPS) is 13.2. The second kappa shape index (κ2) is 6.68. The molecule has 124 valence electrons. The standard InChI is InChI=1S/C16H19FN4O.ClH/c1-9-14(10(2)21(3)20-9)16(22)19-13-5-4-11-8-18-7-6-12(11)15(13)17;/h4-5,18H,6-8H2,1-3H3,(H,19,22);1H. The molecule has 5 nitrogen and oxygen atoms in total. The van der Waals surface area contributed by atoms with E-state index >= 15 is 0 Å². The average Bonchev–Trinajstić information content (AvgIpc) is 2.75. The van der Waals surface area contributed by atoms with Gasteiger partial charge in [-0.2, -0.15) is 5.10 Å². The Morgan fingerprint density at radius 3 is 2.78 bits per heavy atom. The number of benzene rings is 1. The smallest absolute Gasteiger partial charge is 0.259 e. The van der Waals surface area contributed by atoms with E-state index in [1.807, 2.05) is 13.0 Å². The molecule has 1 aromatic carbocycles. The second-order valence-electron chi connectivity index (χ2n) is 5.62. The minimum absolute atomic E-state index is 0. The first-order valence-electron chi connectivity index (χ1n) is 7.31. The molecule has 0 atom stereocenters. The maximum absolute atomic E-state index is 14.6. The molecule has 2 N–H and O–H groups in total. The Bertz CT molecular complexity index is 757. The largest absolute Gasteiger partial charge is 0.319 e. The van der Waals surface area contributed by atoms with Gasteiger partial charge in [-0.3, -0.25) is 9.48 Å². The number of carbonyl (C=O) groups is 1. The number of fused-ring (bicyclic) bond motifs is 1. The number of aryl methyl sites for hydroxylation is 2. The topological polar surface area (TPSA) is 59.0 Å². The molecule has 0 fully saturated rings. The van der Waals surface area contributed by atoms with E-state index in [1.54, 1.807) is 24.7 Å². The van der Waals surface area contributed by atoms with Gasteiger partial charge < -0.3 is 10.6 Å². The summed E-state index contributed by atoms with van der Waals surface area (Å²) in [6.45, 7) is 5.02. The van der Waals surface area contributed by atoms with Crippen LogP contribution in [0.4, 0.5) is 10.1 Å². The van der Waals surface area contributed by atoms with E-state index < -0.39 is 0 Å². The molecule has 1 aliphatic heterocycles. The second-order valence-corrected chi connectivity index (χ2v) is 5.62. The zero-order valence-electron chi connectivity index (χ0n) is 13.4. The fraction of sp³-hybridized carbons (Fsp3) is 0.375. The van der Waals surface area contributed by atoms with Crippen LogP contribution in [-0.2, 0) is 20.0 Å². The van der Waals surface area contributed by atoms with Gasteiger partial charge in [0, 0.05) is 19.3 Å². The summed E-state index contributed by atoms with van der Waals surface area (Å²) in [5.74, 6) is -0.651. The van der Waals surface area contributed by atoms with Crippen molar-refractivity contribution in [1.82, 2.24) is 15.1 Å². The first-order valence-corrected chi connectivity index (χ1v) is 7.31. The van der Waals surface area contributed by atoms with Gasteiger partial charge in [-0.1, -0.05) is 6.07 Å². The van der Waals surface area contributed by atoms with E-state index in [4.69, 9.17) is 0 Å². The SMILES string of the molecule is Cc1nn(C)c(C)c1C(=O)Nc1ccc2c(c1F)CCNC2.Cl. The lowest BCUT2D eigenvalue weighted by Gasteiger charge is -2.19. The summed E-state index contributed by atoms with van der Waals surface area (Å²) in [6, 6.07) is 3.49. The van der Waals surface area contributed by atoms with E-state index in [2.05, 4.69) is 15.7 Å². The Morgan fingerprint density at radius 2 is 2.13 bits per heavy atom. The van der Waals surface area contributed by atoms with Crippen molar-refractivity contribution in [2.45, 2.75) is 26.8 Å². The number of nitrogens with one attached hydrogen (secondary N) is 2. The third-order valence-corrected chi connectivity index (χ3v) is 4.19. The van der Waals surface area contributed by atoms with Gasteiger partial charge in [-0.05, 0) is 44.0 Å². The van der Waals surface area contributed by atoms with Gasteiger partial charge in [-0.15, -0.1) is 12.4 Å².